The fourth-order valence-electron chi connectivity index (χ4n) is 1.82. The Balaban J connectivity index is 2.37. The topological polar surface area (TPSA) is 12.0 Å². The van der Waals surface area contributed by atoms with Crippen molar-refractivity contribution in [3.63, 3.8) is 0 Å². The van der Waals surface area contributed by atoms with E-state index in [-0.39, 0.29) is 6.04 Å². The van der Waals surface area contributed by atoms with Crippen LogP contribution in [0.3, 0.4) is 0 Å². The Hall–Kier alpha value is -1.12. The molecule has 0 fully saturated rings. The van der Waals surface area contributed by atoms with Gasteiger partial charge in [0.2, 0.25) is 0 Å². The average molecular weight is 241 g/mol. The molecule has 0 radical (unpaired) electrons. The standard InChI is InChI=1S/C14H21F2N/c1-3-4-5-6-7-11(2)17-14-9-8-12(15)10-13(14)16/h8-11,17H,3-7H2,1-2H3. The molecule has 0 aliphatic heterocycles. The van der Waals surface area contributed by atoms with Crippen molar-refractivity contribution in [3.05, 3.63) is 29.8 Å². The van der Waals surface area contributed by atoms with E-state index < -0.39 is 11.6 Å². The zero-order valence-electron chi connectivity index (χ0n) is 10.6. The zero-order chi connectivity index (χ0) is 12.7. The molecule has 0 bridgehead atoms. The van der Waals surface area contributed by atoms with E-state index in [0.717, 1.165) is 18.9 Å². The SMILES string of the molecule is CCCCCCC(C)Nc1ccc(F)cc1F. The van der Waals surface area contributed by atoms with E-state index in [9.17, 15) is 8.78 Å². The van der Waals surface area contributed by atoms with Gasteiger partial charge in [-0.05, 0) is 25.5 Å². The number of rotatable bonds is 7. The molecule has 0 aliphatic carbocycles. The van der Waals surface area contributed by atoms with Crippen LogP contribution in [0.4, 0.5) is 14.5 Å². The van der Waals surface area contributed by atoms with E-state index in [1.54, 1.807) is 0 Å². The number of hydrogen-bond donors (Lipinski definition) is 1. The van der Waals surface area contributed by atoms with Gasteiger partial charge in [0.15, 0.2) is 0 Å². The molecule has 1 N–H and O–H groups in total. The maximum Gasteiger partial charge on any atom is 0.149 e. The van der Waals surface area contributed by atoms with Gasteiger partial charge in [0.1, 0.15) is 11.6 Å². The Kier molecular flexibility index (Phi) is 5.95. The van der Waals surface area contributed by atoms with Crippen LogP contribution in [0.15, 0.2) is 18.2 Å². The third-order valence-corrected chi connectivity index (χ3v) is 2.82. The fraction of sp³-hybridized carbons (Fsp3) is 0.571. The summed E-state index contributed by atoms with van der Waals surface area (Å²) in [5.74, 6) is -1.06. The number of benzene rings is 1. The van der Waals surface area contributed by atoms with Crippen LogP contribution in [-0.2, 0) is 0 Å². The number of nitrogens with one attached hydrogen (secondary N) is 1. The van der Waals surface area contributed by atoms with Crippen LogP contribution in [0, 0.1) is 11.6 Å². The second kappa shape index (κ2) is 7.25. The minimum Gasteiger partial charge on any atom is -0.380 e. The molecular weight excluding hydrogens is 220 g/mol. The molecule has 0 amide bonds. The van der Waals surface area contributed by atoms with Gasteiger partial charge in [0.05, 0.1) is 5.69 Å². The summed E-state index contributed by atoms with van der Waals surface area (Å²) in [5.41, 5.74) is 0.384. The van der Waals surface area contributed by atoms with Gasteiger partial charge in [-0.15, -0.1) is 0 Å². The number of hydrogen-bond acceptors (Lipinski definition) is 1. The summed E-state index contributed by atoms with van der Waals surface area (Å²) in [6.45, 7) is 4.20. The molecule has 1 unspecified atom stereocenters. The van der Waals surface area contributed by atoms with Gasteiger partial charge in [-0.3, -0.25) is 0 Å². The fourth-order valence-corrected chi connectivity index (χ4v) is 1.82. The molecular formula is C14H21F2N. The summed E-state index contributed by atoms with van der Waals surface area (Å²) in [6.07, 6.45) is 5.84. The van der Waals surface area contributed by atoms with Crippen LogP contribution in [0.5, 0.6) is 0 Å². The second-order valence-electron chi connectivity index (χ2n) is 4.52. The minimum atomic E-state index is -0.538. The zero-order valence-corrected chi connectivity index (χ0v) is 10.6. The van der Waals surface area contributed by atoms with Crippen LogP contribution in [-0.4, -0.2) is 6.04 Å². The van der Waals surface area contributed by atoms with E-state index in [0.29, 0.717) is 5.69 Å². The summed E-state index contributed by atoms with van der Waals surface area (Å²) >= 11 is 0. The Morgan fingerprint density at radius 2 is 1.94 bits per heavy atom. The summed E-state index contributed by atoms with van der Waals surface area (Å²) < 4.78 is 26.1. The minimum absolute atomic E-state index is 0.215. The summed E-state index contributed by atoms with van der Waals surface area (Å²) in [4.78, 5) is 0. The smallest absolute Gasteiger partial charge is 0.149 e. The van der Waals surface area contributed by atoms with Crippen molar-refractivity contribution in [2.75, 3.05) is 5.32 Å². The van der Waals surface area contributed by atoms with Crippen LogP contribution in [0.25, 0.3) is 0 Å². The van der Waals surface area contributed by atoms with Gasteiger partial charge in [-0.2, -0.15) is 0 Å². The van der Waals surface area contributed by atoms with Gasteiger partial charge in [-0.25, -0.2) is 8.78 Å². The third kappa shape index (κ3) is 5.16. The molecule has 0 saturated carbocycles. The molecule has 3 heteroatoms. The molecule has 96 valence electrons. The highest BCUT2D eigenvalue weighted by Crippen LogP contribution is 2.17. The molecule has 0 heterocycles. The van der Waals surface area contributed by atoms with Gasteiger partial charge >= 0.3 is 0 Å². The predicted octanol–water partition coefficient (Wildman–Crippen LogP) is 4.74. The van der Waals surface area contributed by atoms with Gasteiger partial charge in [-0.1, -0.05) is 32.6 Å². The first kappa shape index (κ1) is 13.9. The Morgan fingerprint density at radius 3 is 2.59 bits per heavy atom. The van der Waals surface area contributed by atoms with Crippen molar-refractivity contribution in [2.45, 2.75) is 52.0 Å². The molecule has 0 aliphatic rings. The molecule has 0 aromatic heterocycles. The average Bonchev–Trinajstić information content (AvgIpc) is 2.28. The lowest BCUT2D eigenvalue weighted by Gasteiger charge is -2.15. The molecule has 1 nitrogen and oxygen atoms in total. The monoisotopic (exact) mass is 241 g/mol. The van der Waals surface area contributed by atoms with E-state index in [1.165, 1.54) is 31.4 Å². The first-order chi connectivity index (χ1) is 8.13. The van der Waals surface area contributed by atoms with Crippen molar-refractivity contribution >= 4 is 5.69 Å². The predicted molar refractivity (Wildman–Crippen MR) is 68.2 cm³/mol. The third-order valence-electron chi connectivity index (χ3n) is 2.82. The lowest BCUT2D eigenvalue weighted by molar-refractivity contribution is 0.573. The molecule has 1 rings (SSSR count). The maximum atomic E-state index is 13.4. The summed E-state index contributed by atoms with van der Waals surface area (Å²) in [5, 5.41) is 3.07. The van der Waals surface area contributed by atoms with E-state index >= 15 is 0 Å². The molecule has 1 aromatic carbocycles. The van der Waals surface area contributed by atoms with Crippen LogP contribution < -0.4 is 5.32 Å². The normalized spacial score (nSPS) is 12.5. The second-order valence-corrected chi connectivity index (χ2v) is 4.52. The van der Waals surface area contributed by atoms with Crippen LogP contribution >= 0.6 is 0 Å². The Labute approximate surface area is 102 Å². The largest absolute Gasteiger partial charge is 0.380 e. The highest BCUT2D eigenvalue weighted by atomic mass is 19.1. The number of anilines is 1. The van der Waals surface area contributed by atoms with Gasteiger partial charge < -0.3 is 5.32 Å². The Morgan fingerprint density at radius 1 is 1.18 bits per heavy atom. The van der Waals surface area contributed by atoms with Crippen molar-refractivity contribution in [2.24, 2.45) is 0 Å². The summed E-state index contributed by atoms with van der Waals surface area (Å²) in [6, 6.07) is 3.85. The van der Waals surface area contributed by atoms with Crippen molar-refractivity contribution in [1.82, 2.24) is 0 Å². The van der Waals surface area contributed by atoms with Crippen molar-refractivity contribution in [3.8, 4) is 0 Å². The quantitative estimate of drug-likeness (QED) is 0.680. The van der Waals surface area contributed by atoms with Crippen molar-refractivity contribution in [1.29, 1.82) is 0 Å². The first-order valence-corrected chi connectivity index (χ1v) is 6.35. The molecule has 17 heavy (non-hydrogen) atoms. The van der Waals surface area contributed by atoms with Crippen LogP contribution in [0.1, 0.15) is 46.0 Å². The van der Waals surface area contributed by atoms with Gasteiger partial charge in [0.25, 0.3) is 0 Å². The molecule has 1 atom stereocenters. The lowest BCUT2D eigenvalue weighted by Crippen LogP contribution is -2.15. The summed E-state index contributed by atoms with van der Waals surface area (Å²) in [7, 11) is 0. The molecule has 0 saturated heterocycles. The van der Waals surface area contributed by atoms with Crippen LogP contribution in [0.2, 0.25) is 0 Å². The first-order valence-electron chi connectivity index (χ1n) is 6.35. The maximum absolute atomic E-state index is 13.4. The lowest BCUT2D eigenvalue weighted by atomic mass is 10.1. The van der Waals surface area contributed by atoms with E-state index in [2.05, 4.69) is 12.2 Å². The number of halogens is 2. The van der Waals surface area contributed by atoms with Gasteiger partial charge in [0, 0.05) is 12.1 Å². The highest BCUT2D eigenvalue weighted by molar-refractivity contribution is 5.45. The van der Waals surface area contributed by atoms with E-state index in [1.807, 2.05) is 6.92 Å². The van der Waals surface area contributed by atoms with E-state index in [4.69, 9.17) is 0 Å². The molecule has 0 spiro atoms. The Bertz CT molecular complexity index is 339. The number of unbranched alkanes of at least 4 members (excludes halogenated alkanes) is 3. The van der Waals surface area contributed by atoms with Crippen molar-refractivity contribution < 1.29 is 8.78 Å². The highest BCUT2D eigenvalue weighted by Gasteiger charge is 2.07. The molecule has 1 aromatic rings.